The summed E-state index contributed by atoms with van der Waals surface area (Å²) in [5.41, 5.74) is 5.52. The molecule has 0 fully saturated rings. The van der Waals surface area contributed by atoms with Gasteiger partial charge in [0.05, 0.1) is 10.7 Å². The fourth-order valence-electron chi connectivity index (χ4n) is 3.42. The molecule has 4 rings (SSSR count). The van der Waals surface area contributed by atoms with E-state index in [0.717, 1.165) is 24.2 Å². The first-order valence-electron chi connectivity index (χ1n) is 8.98. The van der Waals surface area contributed by atoms with Gasteiger partial charge in [0.15, 0.2) is 0 Å². The maximum absolute atomic E-state index is 12.6. The number of aryl methyl sites for hydroxylation is 1. The molecule has 5 heteroatoms. The molecule has 0 saturated heterocycles. The summed E-state index contributed by atoms with van der Waals surface area (Å²) >= 11 is 6.19. The number of nitrogens with zero attached hydrogens (tertiary/aromatic N) is 2. The van der Waals surface area contributed by atoms with Crippen LogP contribution in [0.1, 0.15) is 22.3 Å². The SMILES string of the molecule is CN1CCCc2ccc(NC(=O)c3ccc(-c4ncccc4Cl)cc3)cc21. The molecule has 0 atom stereocenters. The number of carbonyl (C=O) groups is 1. The summed E-state index contributed by atoms with van der Waals surface area (Å²) in [6, 6.07) is 17.0. The zero-order valence-corrected chi connectivity index (χ0v) is 15.8. The summed E-state index contributed by atoms with van der Waals surface area (Å²) in [5.74, 6) is -0.132. The molecule has 0 bridgehead atoms. The van der Waals surface area contributed by atoms with Crippen LogP contribution in [0.25, 0.3) is 11.3 Å². The Labute approximate surface area is 163 Å². The Kier molecular flexibility index (Phi) is 4.82. The largest absolute Gasteiger partial charge is 0.374 e. The molecule has 3 aromatic rings. The van der Waals surface area contributed by atoms with Gasteiger partial charge in [0.1, 0.15) is 0 Å². The van der Waals surface area contributed by atoms with Crippen LogP contribution >= 0.6 is 11.6 Å². The summed E-state index contributed by atoms with van der Waals surface area (Å²) in [4.78, 5) is 19.1. The van der Waals surface area contributed by atoms with Crippen molar-refractivity contribution in [2.75, 3.05) is 23.8 Å². The van der Waals surface area contributed by atoms with Crippen LogP contribution in [-0.2, 0) is 6.42 Å². The molecule has 0 radical (unpaired) electrons. The first kappa shape index (κ1) is 17.6. The standard InChI is InChI=1S/C22H20ClN3O/c1-26-13-3-4-15-10-11-18(14-20(15)26)25-22(27)17-8-6-16(7-9-17)21-19(23)5-2-12-24-21/h2,5-12,14H,3-4,13H2,1H3,(H,25,27). The molecule has 1 amide bonds. The van der Waals surface area contributed by atoms with Gasteiger partial charge in [-0.15, -0.1) is 0 Å². The fourth-order valence-corrected chi connectivity index (χ4v) is 3.65. The number of anilines is 2. The lowest BCUT2D eigenvalue weighted by Gasteiger charge is -2.28. The van der Waals surface area contributed by atoms with Crippen LogP contribution in [0.3, 0.4) is 0 Å². The Bertz CT molecular complexity index is 985. The number of benzene rings is 2. The third kappa shape index (κ3) is 3.67. The third-order valence-electron chi connectivity index (χ3n) is 4.87. The van der Waals surface area contributed by atoms with E-state index in [9.17, 15) is 4.79 Å². The minimum absolute atomic E-state index is 0.132. The van der Waals surface area contributed by atoms with Crippen LogP contribution in [0.5, 0.6) is 0 Å². The molecular formula is C22H20ClN3O. The van der Waals surface area contributed by atoms with Crippen molar-refractivity contribution < 1.29 is 4.79 Å². The minimum Gasteiger partial charge on any atom is -0.374 e. The number of aromatic nitrogens is 1. The van der Waals surface area contributed by atoms with Crippen LogP contribution in [-0.4, -0.2) is 24.5 Å². The molecule has 1 N–H and O–H groups in total. The number of amides is 1. The second-order valence-corrected chi connectivity index (χ2v) is 7.14. The van der Waals surface area contributed by atoms with E-state index in [0.29, 0.717) is 16.3 Å². The molecular weight excluding hydrogens is 358 g/mol. The molecule has 0 saturated carbocycles. The maximum atomic E-state index is 12.6. The second kappa shape index (κ2) is 7.41. The van der Waals surface area contributed by atoms with E-state index in [1.165, 1.54) is 17.7 Å². The predicted molar refractivity (Wildman–Crippen MR) is 111 cm³/mol. The first-order valence-corrected chi connectivity index (χ1v) is 9.36. The Morgan fingerprint density at radius 1 is 1.15 bits per heavy atom. The molecule has 0 aliphatic carbocycles. The molecule has 136 valence electrons. The van der Waals surface area contributed by atoms with E-state index in [-0.39, 0.29) is 5.91 Å². The van der Waals surface area contributed by atoms with Crippen molar-refractivity contribution in [3.63, 3.8) is 0 Å². The van der Waals surface area contributed by atoms with Gasteiger partial charge in [-0.3, -0.25) is 9.78 Å². The molecule has 1 aliphatic rings. The Morgan fingerprint density at radius 2 is 1.96 bits per heavy atom. The van der Waals surface area contributed by atoms with Crippen molar-refractivity contribution in [2.24, 2.45) is 0 Å². The predicted octanol–water partition coefficient (Wildman–Crippen LogP) is 5.04. The molecule has 27 heavy (non-hydrogen) atoms. The lowest BCUT2D eigenvalue weighted by Crippen LogP contribution is -2.24. The second-order valence-electron chi connectivity index (χ2n) is 6.73. The summed E-state index contributed by atoms with van der Waals surface area (Å²) in [6.45, 7) is 1.04. The van der Waals surface area contributed by atoms with Crippen LogP contribution in [0.4, 0.5) is 11.4 Å². The van der Waals surface area contributed by atoms with Crippen LogP contribution in [0.2, 0.25) is 5.02 Å². The van der Waals surface area contributed by atoms with E-state index in [4.69, 9.17) is 11.6 Å². The summed E-state index contributed by atoms with van der Waals surface area (Å²) < 4.78 is 0. The maximum Gasteiger partial charge on any atom is 0.255 e. The Hall–Kier alpha value is -2.85. The average Bonchev–Trinajstić information content (AvgIpc) is 2.69. The van der Waals surface area contributed by atoms with Gasteiger partial charge in [-0.1, -0.05) is 29.8 Å². The monoisotopic (exact) mass is 377 g/mol. The average molecular weight is 378 g/mol. The molecule has 1 aliphatic heterocycles. The third-order valence-corrected chi connectivity index (χ3v) is 5.18. The highest BCUT2D eigenvalue weighted by atomic mass is 35.5. The van der Waals surface area contributed by atoms with Gasteiger partial charge < -0.3 is 10.2 Å². The van der Waals surface area contributed by atoms with Crippen molar-refractivity contribution in [1.82, 2.24) is 4.98 Å². The number of carbonyl (C=O) groups excluding carboxylic acids is 1. The molecule has 1 aromatic heterocycles. The minimum atomic E-state index is -0.132. The van der Waals surface area contributed by atoms with E-state index in [1.54, 1.807) is 30.5 Å². The van der Waals surface area contributed by atoms with Gasteiger partial charge in [0.25, 0.3) is 5.91 Å². The Morgan fingerprint density at radius 3 is 2.74 bits per heavy atom. The number of fused-ring (bicyclic) bond motifs is 1. The van der Waals surface area contributed by atoms with Crippen molar-refractivity contribution in [3.8, 4) is 11.3 Å². The number of pyridine rings is 1. The number of halogens is 1. The molecule has 2 heterocycles. The quantitative estimate of drug-likeness (QED) is 0.695. The lowest BCUT2D eigenvalue weighted by atomic mass is 10.0. The molecule has 0 spiro atoms. The van der Waals surface area contributed by atoms with E-state index in [1.807, 2.05) is 18.2 Å². The number of hydrogen-bond donors (Lipinski definition) is 1. The van der Waals surface area contributed by atoms with Gasteiger partial charge in [-0.2, -0.15) is 0 Å². The highest BCUT2D eigenvalue weighted by molar-refractivity contribution is 6.33. The van der Waals surface area contributed by atoms with Crippen LogP contribution < -0.4 is 10.2 Å². The summed E-state index contributed by atoms with van der Waals surface area (Å²) in [6.07, 6.45) is 3.96. The van der Waals surface area contributed by atoms with Gasteiger partial charge in [0.2, 0.25) is 0 Å². The van der Waals surface area contributed by atoms with Crippen molar-refractivity contribution in [1.29, 1.82) is 0 Å². The van der Waals surface area contributed by atoms with Gasteiger partial charge in [-0.25, -0.2) is 0 Å². The zero-order chi connectivity index (χ0) is 18.8. The number of hydrogen-bond acceptors (Lipinski definition) is 3. The highest BCUT2D eigenvalue weighted by Gasteiger charge is 2.15. The summed E-state index contributed by atoms with van der Waals surface area (Å²) in [5, 5.41) is 3.58. The van der Waals surface area contributed by atoms with Crippen LogP contribution in [0.15, 0.2) is 60.8 Å². The van der Waals surface area contributed by atoms with Gasteiger partial charge in [0, 0.05) is 42.3 Å². The van der Waals surface area contributed by atoms with Crippen molar-refractivity contribution in [2.45, 2.75) is 12.8 Å². The summed E-state index contributed by atoms with van der Waals surface area (Å²) in [7, 11) is 2.09. The molecule has 2 aromatic carbocycles. The van der Waals surface area contributed by atoms with E-state index in [2.05, 4.69) is 34.4 Å². The van der Waals surface area contributed by atoms with Gasteiger partial charge in [-0.05, 0) is 54.8 Å². The molecule has 4 nitrogen and oxygen atoms in total. The topological polar surface area (TPSA) is 45.2 Å². The number of rotatable bonds is 3. The van der Waals surface area contributed by atoms with Gasteiger partial charge >= 0.3 is 0 Å². The fraction of sp³-hybridized carbons (Fsp3) is 0.182. The van der Waals surface area contributed by atoms with Crippen molar-refractivity contribution >= 4 is 28.9 Å². The molecule has 0 unspecified atom stereocenters. The normalized spacial score (nSPS) is 13.2. The first-order chi connectivity index (χ1) is 13.1. The highest BCUT2D eigenvalue weighted by Crippen LogP contribution is 2.29. The van der Waals surface area contributed by atoms with Crippen molar-refractivity contribution in [3.05, 3.63) is 76.9 Å². The lowest BCUT2D eigenvalue weighted by molar-refractivity contribution is 0.102. The Balaban J connectivity index is 1.52. The number of nitrogens with one attached hydrogen (secondary N) is 1. The van der Waals surface area contributed by atoms with E-state index >= 15 is 0 Å². The smallest absolute Gasteiger partial charge is 0.255 e. The van der Waals surface area contributed by atoms with Crippen LogP contribution in [0, 0.1) is 0 Å². The zero-order valence-electron chi connectivity index (χ0n) is 15.1. The van der Waals surface area contributed by atoms with E-state index < -0.39 is 0 Å².